The molecule has 1 unspecified atom stereocenters. The highest BCUT2D eigenvalue weighted by atomic mass is 14.8. The second-order valence-corrected chi connectivity index (χ2v) is 7.55. The molecule has 0 aromatic rings. The van der Waals surface area contributed by atoms with E-state index in [4.69, 9.17) is 5.73 Å². The van der Waals surface area contributed by atoms with Crippen LogP contribution in [0.4, 0.5) is 0 Å². The molecule has 0 spiro atoms. The van der Waals surface area contributed by atoms with Crippen molar-refractivity contribution in [2.75, 3.05) is 0 Å². The van der Waals surface area contributed by atoms with Crippen molar-refractivity contribution in [3.05, 3.63) is 0 Å². The third-order valence-electron chi connectivity index (χ3n) is 5.54. The highest BCUT2D eigenvalue weighted by molar-refractivity contribution is 4.99. The van der Waals surface area contributed by atoms with Gasteiger partial charge in [0, 0.05) is 5.54 Å². The normalized spacial score (nSPS) is 42.4. The lowest BCUT2D eigenvalue weighted by atomic mass is 9.60. The summed E-state index contributed by atoms with van der Waals surface area (Å²) in [5.41, 5.74) is 7.44. The molecule has 2 saturated carbocycles. The number of nitrogens with two attached hydrogens (primary N) is 1. The standard InChI is InChI=1S/C16H31N/c1-4-13-6-8-14(9-7-13)16(17)11-5-10-15(2,3)12-16/h13-14H,4-12,17H2,1-3H3. The number of rotatable bonds is 2. The number of hydrogen-bond donors (Lipinski definition) is 1. The van der Waals surface area contributed by atoms with Crippen LogP contribution in [0.25, 0.3) is 0 Å². The molecule has 0 bridgehead atoms. The fourth-order valence-corrected chi connectivity index (χ4v) is 4.46. The molecule has 2 N–H and O–H groups in total. The molecule has 1 atom stereocenters. The van der Waals surface area contributed by atoms with Crippen LogP contribution in [-0.4, -0.2) is 5.54 Å². The molecule has 17 heavy (non-hydrogen) atoms. The van der Waals surface area contributed by atoms with Crippen LogP contribution in [0, 0.1) is 17.3 Å². The van der Waals surface area contributed by atoms with Crippen LogP contribution >= 0.6 is 0 Å². The molecule has 1 heteroatoms. The summed E-state index contributed by atoms with van der Waals surface area (Å²) < 4.78 is 0. The van der Waals surface area contributed by atoms with E-state index in [1.807, 2.05) is 0 Å². The Bertz CT molecular complexity index is 250. The van der Waals surface area contributed by atoms with Gasteiger partial charge >= 0.3 is 0 Å². The third kappa shape index (κ3) is 3.05. The van der Waals surface area contributed by atoms with Gasteiger partial charge in [0.05, 0.1) is 0 Å². The summed E-state index contributed by atoms with van der Waals surface area (Å²) in [7, 11) is 0. The van der Waals surface area contributed by atoms with Gasteiger partial charge in [-0.05, 0) is 49.4 Å². The molecule has 2 aliphatic carbocycles. The van der Waals surface area contributed by atoms with E-state index in [1.54, 1.807) is 0 Å². The van der Waals surface area contributed by atoms with Gasteiger partial charge in [0.2, 0.25) is 0 Å². The topological polar surface area (TPSA) is 26.0 Å². The summed E-state index contributed by atoms with van der Waals surface area (Å²) in [5.74, 6) is 1.80. The highest BCUT2D eigenvalue weighted by Gasteiger charge is 2.43. The molecule has 0 amide bonds. The molecule has 2 aliphatic rings. The van der Waals surface area contributed by atoms with Crippen LogP contribution in [0.15, 0.2) is 0 Å². The zero-order valence-electron chi connectivity index (χ0n) is 12.1. The Hall–Kier alpha value is -0.0400. The van der Waals surface area contributed by atoms with E-state index < -0.39 is 0 Å². The van der Waals surface area contributed by atoms with E-state index in [9.17, 15) is 0 Å². The van der Waals surface area contributed by atoms with Gasteiger partial charge in [-0.15, -0.1) is 0 Å². The first-order valence-corrected chi connectivity index (χ1v) is 7.74. The minimum Gasteiger partial charge on any atom is -0.325 e. The van der Waals surface area contributed by atoms with Crippen LogP contribution in [0.3, 0.4) is 0 Å². The van der Waals surface area contributed by atoms with Crippen molar-refractivity contribution in [2.24, 2.45) is 23.0 Å². The van der Waals surface area contributed by atoms with Gasteiger partial charge in [-0.3, -0.25) is 0 Å². The van der Waals surface area contributed by atoms with Crippen molar-refractivity contribution < 1.29 is 0 Å². The van der Waals surface area contributed by atoms with E-state index in [1.165, 1.54) is 57.8 Å². The fourth-order valence-electron chi connectivity index (χ4n) is 4.46. The Labute approximate surface area is 108 Å². The molecule has 2 fully saturated rings. The Morgan fingerprint density at radius 3 is 2.24 bits per heavy atom. The molecular weight excluding hydrogens is 206 g/mol. The lowest BCUT2D eigenvalue weighted by molar-refractivity contribution is 0.0719. The van der Waals surface area contributed by atoms with Crippen molar-refractivity contribution in [1.29, 1.82) is 0 Å². The summed E-state index contributed by atoms with van der Waals surface area (Å²) >= 11 is 0. The van der Waals surface area contributed by atoms with Gasteiger partial charge < -0.3 is 5.73 Å². The zero-order valence-corrected chi connectivity index (χ0v) is 12.1. The monoisotopic (exact) mass is 237 g/mol. The molecule has 0 saturated heterocycles. The minimum absolute atomic E-state index is 0.167. The maximum atomic E-state index is 6.80. The van der Waals surface area contributed by atoms with Crippen LogP contribution in [-0.2, 0) is 0 Å². The van der Waals surface area contributed by atoms with Crippen LogP contribution in [0.1, 0.15) is 78.6 Å². The van der Waals surface area contributed by atoms with Crippen molar-refractivity contribution in [1.82, 2.24) is 0 Å². The predicted molar refractivity (Wildman–Crippen MR) is 74.9 cm³/mol. The van der Waals surface area contributed by atoms with Crippen molar-refractivity contribution in [3.63, 3.8) is 0 Å². The van der Waals surface area contributed by atoms with Crippen LogP contribution < -0.4 is 5.73 Å². The lowest BCUT2D eigenvalue weighted by Gasteiger charge is -2.49. The Balaban J connectivity index is 1.97. The molecule has 0 heterocycles. The van der Waals surface area contributed by atoms with Gasteiger partial charge in [0.25, 0.3) is 0 Å². The molecular formula is C16H31N. The number of hydrogen-bond acceptors (Lipinski definition) is 1. The first-order valence-electron chi connectivity index (χ1n) is 7.74. The average molecular weight is 237 g/mol. The van der Waals surface area contributed by atoms with Crippen LogP contribution in [0.2, 0.25) is 0 Å². The summed E-state index contributed by atoms with van der Waals surface area (Å²) in [5, 5.41) is 0. The molecule has 2 rings (SSSR count). The smallest absolute Gasteiger partial charge is 0.0187 e. The van der Waals surface area contributed by atoms with E-state index in [-0.39, 0.29) is 5.54 Å². The average Bonchev–Trinajstić information content (AvgIpc) is 2.27. The van der Waals surface area contributed by atoms with Crippen LogP contribution in [0.5, 0.6) is 0 Å². The van der Waals surface area contributed by atoms with Crippen molar-refractivity contribution >= 4 is 0 Å². The summed E-state index contributed by atoms with van der Waals surface area (Å²) in [6.45, 7) is 7.16. The zero-order chi connectivity index (χ0) is 12.5. The third-order valence-corrected chi connectivity index (χ3v) is 5.54. The van der Waals surface area contributed by atoms with E-state index in [2.05, 4.69) is 20.8 Å². The molecule has 0 radical (unpaired) electrons. The first kappa shape index (κ1) is 13.4. The largest absolute Gasteiger partial charge is 0.325 e. The Morgan fingerprint density at radius 2 is 1.71 bits per heavy atom. The Morgan fingerprint density at radius 1 is 1.06 bits per heavy atom. The van der Waals surface area contributed by atoms with Gasteiger partial charge in [-0.1, -0.05) is 46.5 Å². The van der Waals surface area contributed by atoms with Crippen molar-refractivity contribution in [2.45, 2.75) is 84.1 Å². The first-order chi connectivity index (χ1) is 7.95. The Kier molecular flexibility index (Phi) is 3.87. The second-order valence-electron chi connectivity index (χ2n) is 7.55. The quantitative estimate of drug-likeness (QED) is 0.752. The van der Waals surface area contributed by atoms with Crippen molar-refractivity contribution in [3.8, 4) is 0 Å². The highest BCUT2D eigenvalue weighted by Crippen LogP contribution is 2.47. The summed E-state index contributed by atoms with van der Waals surface area (Å²) in [6, 6.07) is 0. The molecule has 1 nitrogen and oxygen atoms in total. The van der Waals surface area contributed by atoms with Gasteiger partial charge in [-0.25, -0.2) is 0 Å². The molecule has 100 valence electrons. The molecule has 0 aromatic heterocycles. The minimum atomic E-state index is 0.167. The predicted octanol–water partition coefficient (Wildman–Crippen LogP) is 4.50. The maximum absolute atomic E-state index is 6.80. The van der Waals surface area contributed by atoms with E-state index >= 15 is 0 Å². The maximum Gasteiger partial charge on any atom is 0.0187 e. The summed E-state index contributed by atoms with van der Waals surface area (Å²) in [4.78, 5) is 0. The van der Waals surface area contributed by atoms with E-state index in [0.29, 0.717) is 5.41 Å². The van der Waals surface area contributed by atoms with Gasteiger partial charge in [0.1, 0.15) is 0 Å². The fraction of sp³-hybridized carbons (Fsp3) is 1.00. The second kappa shape index (κ2) is 4.91. The van der Waals surface area contributed by atoms with Gasteiger partial charge in [0.15, 0.2) is 0 Å². The van der Waals surface area contributed by atoms with E-state index in [0.717, 1.165) is 11.8 Å². The lowest BCUT2D eigenvalue weighted by Crippen LogP contribution is -2.53. The molecule has 0 aromatic carbocycles. The van der Waals surface area contributed by atoms with Gasteiger partial charge in [-0.2, -0.15) is 0 Å². The SMILES string of the molecule is CCC1CCC(C2(N)CCCC(C)(C)C2)CC1. The molecule has 0 aliphatic heterocycles. The summed E-state index contributed by atoms with van der Waals surface area (Å²) in [6.07, 6.45) is 12.3.